The maximum Gasteiger partial charge on any atom is 0.333 e. The molecule has 2 heterocycles. The molecule has 1 N–H and O–H groups in total. The van der Waals surface area contributed by atoms with E-state index in [4.69, 9.17) is 0 Å². The largest absolute Gasteiger partial charge is 0.333 e. The molecule has 2 rings (SSSR count). The SMILES string of the molecule is Cc1cc(-c2ccc([N+](=O)[O-])c(=O)[nH]2)cc(C)n1. The van der Waals surface area contributed by atoms with Crippen LogP contribution in [-0.2, 0) is 0 Å². The molecular weight excluding hydrogens is 234 g/mol. The minimum atomic E-state index is -0.704. The summed E-state index contributed by atoms with van der Waals surface area (Å²) in [6.45, 7) is 3.69. The van der Waals surface area contributed by atoms with Crippen LogP contribution in [0.5, 0.6) is 0 Å². The zero-order valence-electron chi connectivity index (χ0n) is 9.93. The van der Waals surface area contributed by atoms with Crippen LogP contribution in [0.2, 0.25) is 0 Å². The fraction of sp³-hybridized carbons (Fsp3) is 0.167. The van der Waals surface area contributed by atoms with Gasteiger partial charge in [0.15, 0.2) is 0 Å². The summed E-state index contributed by atoms with van der Waals surface area (Å²) < 4.78 is 0. The van der Waals surface area contributed by atoms with Gasteiger partial charge in [0.1, 0.15) is 0 Å². The van der Waals surface area contributed by atoms with E-state index in [9.17, 15) is 14.9 Å². The fourth-order valence-corrected chi connectivity index (χ4v) is 1.77. The monoisotopic (exact) mass is 245 g/mol. The van der Waals surface area contributed by atoms with Crippen LogP contribution in [-0.4, -0.2) is 14.9 Å². The highest BCUT2D eigenvalue weighted by molar-refractivity contribution is 5.60. The molecule has 18 heavy (non-hydrogen) atoms. The Morgan fingerprint density at radius 2 is 1.83 bits per heavy atom. The molecule has 0 fully saturated rings. The van der Waals surface area contributed by atoms with E-state index in [-0.39, 0.29) is 0 Å². The molecule has 0 spiro atoms. The number of nitrogens with one attached hydrogen (secondary N) is 1. The smallest absolute Gasteiger partial charge is 0.316 e. The van der Waals surface area contributed by atoms with Crippen molar-refractivity contribution in [3.63, 3.8) is 0 Å². The lowest BCUT2D eigenvalue weighted by Crippen LogP contribution is -2.11. The van der Waals surface area contributed by atoms with Crippen LogP contribution in [0.1, 0.15) is 11.4 Å². The lowest BCUT2D eigenvalue weighted by molar-refractivity contribution is -0.386. The summed E-state index contributed by atoms with van der Waals surface area (Å²) in [7, 11) is 0. The van der Waals surface area contributed by atoms with Gasteiger partial charge in [-0.15, -0.1) is 0 Å². The summed E-state index contributed by atoms with van der Waals surface area (Å²) in [6, 6.07) is 6.35. The molecule has 0 bridgehead atoms. The molecule has 0 saturated carbocycles. The number of hydrogen-bond acceptors (Lipinski definition) is 4. The summed E-state index contributed by atoms with van der Waals surface area (Å²) >= 11 is 0. The predicted octanol–water partition coefficient (Wildman–Crippen LogP) is 1.96. The van der Waals surface area contributed by atoms with Crippen molar-refractivity contribution in [2.75, 3.05) is 0 Å². The normalized spacial score (nSPS) is 10.3. The van der Waals surface area contributed by atoms with E-state index in [0.717, 1.165) is 17.0 Å². The molecule has 0 radical (unpaired) electrons. The Morgan fingerprint density at radius 3 is 2.33 bits per heavy atom. The van der Waals surface area contributed by atoms with E-state index in [1.54, 1.807) is 0 Å². The van der Waals surface area contributed by atoms with Crippen LogP contribution in [0.4, 0.5) is 5.69 Å². The molecule has 0 aromatic carbocycles. The van der Waals surface area contributed by atoms with E-state index in [2.05, 4.69) is 9.97 Å². The van der Waals surface area contributed by atoms with Crippen molar-refractivity contribution in [1.82, 2.24) is 9.97 Å². The van der Waals surface area contributed by atoms with Gasteiger partial charge in [-0.25, -0.2) is 0 Å². The van der Waals surface area contributed by atoms with Gasteiger partial charge in [0.2, 0.25) is 0 Å². The van der Waals surface area contributed by atoms with Gasteiger partial charge in [-0.05, 0) is 32.0 Å². The first kappa shape index (κ1) is 12.0. The molecule has 0 unspecified atom stereocenters. The van der Waals surface area contributed by atoms with Crippen LogP contribution >= 0.6 is 0 Å². The Kier molecular flexibility index (Phi) is 2.93. The Morgan fingerprint density at radius 1 is 1.22 bits per heavy atom. The molecule has 92 valence electrons. The van der Waals surface area contributed by atoms with E-state index < -0.39 is 16.2 Å². The van der Waals surface area contributed by atoms with Crippen molar-refractivity contribution in [3.8, 4) is 11.3 Å². The lowest BCUT2D eigenvalue weighted by Gasteiger charge is -2.04. The molecule has 0 amide bonds. The van der Waals surface area contributed by atoms with Crippen molar-refractivity contribution >= 4 is 5.69 Å². The Hall–Kier alpha value is -2.50. The third-order valence-corrected chi connectivity index (χ3v) is 2.48. The number of aryl methyl sites for hydroxylation is 2. The maximum atomic E-state index is 11.5. The van der Waals surface area contributed by atoms with Crippen LogP contribution in [0, 0.1) is 24.0 Å². The van der Waals surface area contributed by atoms with E-state index >= 15 is 0 Å². The summed E-state index contributed by atoms with van der Waals surface area (Å²) in [5, 5.41) is 10.6. The average molecular weight is 245 g/mol. The number of aromatic amines is 1. The second-order valence-corrected chi connectivity index (χ2v) is 3.98. The van der Waals surface area contributed by atoms with Crippen molar-refractivity contribution in [2.45, 2.75) is 13.8 Å². The molecule has 0 saturated heterocycles. The minimum absolute atomic E-state index is 0.457. The van der Waals surface area contributed by atoms with Gasteiger partial charge in [0, 0.05) is 28.7 Å². The number of hydrogen-bond donors (Lipinski definition) is 1. The molecule has 0 aliphatic rings. The second-order valence-electron chi connectivity index (χ2n) is 3.98. The number of rotatable bonds is 2. The number of aromatic nitrogens is 2. The number of nitrogens with zero attached hydrogens (tertiary/aromatic N) is 2. The molecule has 0 aliphatic heterocycles. The van der Waals surface area contributed by atoms with Gasteiger partial charge in [0.05, 0.1) is 4.92 Å². The van der Waals surface area contributed by atoms with Crippen molar-refractivity contribution in [1.29, 1.82) is 0 Å². The average Bonchev–Trinajstić information content (AvgIpc) is 2.26. The quantitative estimate of drug-likeness (QED) is 0.647. The molecule has 6 heteroatoms. The molecule has 2 aromatic heterocycles. The lowest BCUT2D eigenvalue weighted by atomic mass is 10.1. The third kappa shape index (κ3) is 2.27. The standard InChI is InChI=1S/C12H11N3O3/c1-7-5-9(6-8(2)13-7)10-3-4-11(15(17)18)12(16)14-10/h3-6H,1-2H3,(H,14,16). The maximum absolute atomic E-state index is 11.5. The minimum Gasteiger partial charge on any atom is -0.316 e. The van der Waals surface area contributed by atoms with Gasteiger partial charge in [0.25, 0.3) is 0 Å². The highest BCUT2D eigenvalue weighted by Gasteiger charge is 2.12. The molecule has 0 aliphatic carbocycles. The highest BCUT2D eigenvalue weighted by atomic mass is 16.6. The van der Waals surface area contributed by atoms with Gasteiger partial charge >= 0.3 is 11.2 Å². The van der Waals surface area contributed by atoms with Crippen molar-refractivity contribution < 1.29 is 4.92 Å². The Balaban J connectivity index is 2.55. The molecular formula is C12H11N3O3. The Bertz CT molecular complexity index is 656. The van der Waals surface area contributed by atoms with Gasteiger partial charge < -0.3 is 4.98 Å². The second kappa shape index (κ2) is 4.40. The van der Waals surface area contributed by atoms with E-state index in [0.29, 0.717) is 5.69 Å². The summed E-state index contributed by atoms with van der Waals surface area (Å²) in [5.41, 5.74) is 1.81. The zero-order chi connectivity index (χ0) is 13.3. The number of H-pyrrole nitrogens is 1. The summed E-state index contributed by atoms with van der Waals surface area (Å²) in [6.07, 6.45) is 0. The summed E-state index contributed by atoms with van der Waals surface area (Å²) in [5.74, 6) is 0. The zero-order valence-corrected chi connectivity index (χ0v) is 9.93. The van der Waals surface area contributed by atoms with Crippen LogP contribution in [0.25, 0.3) is 11.3 Å². The van der Waals surface area contributed by atoms with Gasteiger partial charge in [-0.2, -0.15) is 0 Å². The number of nitro groups is 1. The fourth-order valence-electron chi connectivity index (χ4n) is 1.77. The third-order valence-electron chi connectivity index (χ3n) is 2.48. The first-order valence-electron chi connectivity index (χ1n) is 5.31. The van der Waals surface area contributed by atoms with Gasteiger partial charge in [-0.1, -0.05) is 0 Å². The van der Waals surface area contributed by atoms with Crippen molar-refractivity contribution in [3.05, 3.63) is 56.1 Å². The summed E-state index contributed by atoms with van der Waals surface area (Å²) in [4.78, 5) is 28.1. The van der Waals surface area contributed by atoms with Crippen LogP contribution < -0.4 is 5.56 Å². The first-order valence-corrected chi connectivity index (χ1v) is 5.31. The number of pyridine rings is 2. The molecule has 6 nitrogen and oxygen atoms in total. The molecule has 2 aromatic rings. The topological polar surface area (TPSA) is 88.9 Å². The van der Waals surface area contributed by atoms with E-state index in [1.807, 2.05) is 26.0 Å². The Labute approximate surface area is 102 Å². The van der Waals surface area contributed by atoms with Crippen LogP contribution in [0.3, 0.4) is 0 Å². The van der Waals surface area contributed by atoms with Gasteiger partial charge in [-0.3, -0.25) is 19.9 Å². The molecule has 0 atom stereocenters. The highest BCUT2D eigenvalue weighted by Crippen LogP contribution is 2.18. The van der Waals surface area contributed by atoms with Crippen LogP contribution in [0.15, 0.2) is 29.1 Å². The first-order chi connectivity index (χ1) is 8.47. The van der Waals surface area contributed by atoms with E-state index in [1.165, 1.54) is 12.1 Å². The van der Waals surface area contributed by atoms with Crippen molar-refractivity contribution in [2.24, 2.45) is 0 Å². The predicted molar refractivity (Wildman–Crippen MR) is 66.4 cm³/mol.